The lowest BCUT2D eigenvalue weighted by Crippen LogP contribution is -2.30. The van der Waals surface area contributed by atoms with Gasteiger partial charge in [-0.05, 0) is 60.8 Å². The number of aryl methyl sites for hydroxylation is 1. The number of imidazole rings is 1. The van der Waals surface area contributed by atoms with E-state index in [2.05, 4.69) is 45.4 Å². The van der Waals surface area contributed by atoms with Gasteiger partial charge in [0.2, 0.25) is 0 Å². The smallest absolute Gasteiger partial charge is 0.291 e. The van der Waals surface area contributed by atoms with Crippen molar-refractivity contribution in [3.8, 4) is 11.1 Å². The molecule has 3 aromatic heterocycles. The number of pyridine rings is 2. The van der Waals surface area contributed by atoms with Gasteiger partial charge >= 0.3 is 0 Å². The largest absolute Gasteiger partial charge is 0.338 e. The number of carbonyl (C=O) groups is 1. The molecule has 2 N–H and O–H groups in total. The fraction of sp³-hybridized carbons (Fsp3) is 0.273. The monoisotopic (exact) mass is 579 g/mol. The molecule has 0 saturated heterocycles. The molecule has 0 fully saturated rings. The van der Waals surface area contributed by atoms with Crippen LogP contribution >= 0.6 is 11.6 Å². The number of hydrogen-bond acceptors (Lipinski definition) is 6. The summed E-state index contributed by atoms with van der Waals surface area (Å²) in [6.45, 7) is 9.00. The number of aromatic nitrogens is 4. The first kappa shape index (κ1) is 27.9. The normalized spacial score (nSPS) is 13.3. The van der Waals surface area contributed by atoms with Gasteiger partial charge in [0, 0.05) is 61.3 Å². The summed E-state index contributed by atoms with van der Waals surface area (Å²) in [7, 11) is 1.91. The van der Waals surface area contributed by atoms with Crippen LogP contribution in [0.1, 0.15) is 47.0 Å². The van der Waals surface area contributed by atoms with E-state index < -0.39 is 0 Å². The SMILES string of the molecule is CCc1cnc2c(Nc3cccc(-c4cccc(NC(=O)c5nc6c(n5C)CCN(CC)C6)c4Cl)c3C)nccc2c1. The number of amides is 1. The Kier molecular flexibility index (Phi) is 7.66. The summed E-state index contributed by atoms with van der Waals surface area (Å²) in [5.41, 5.74) is 8.32. The Bertz CT molecular complexity index is 1810. The zero-order valence-electron chi connectivity index (χ0n) is 24.3. The summed E-state index contributed by atoms with van der Waals surface area (Å²) in [4.78, 5) is 29.7. The standard InChI is InChI=1S/C33H34ClN7O/c1-5-21-17-22-13-15-35-31(30(22)36-18-21)37-25-11-7-9-23(20(25)3)24-10-8-12-26(29(24)34)39-33(42)32-38-27-19-41(6-2)16-14-28(27)40(32)4/h7-13,15,17-18H,5-6,14,16,19H2,1-4H3,(H,35,37)(H,39,42). The van der Waals surface area contributed by atoms with Crippen molar-refractivity contribution >= 4 is 45.6 Å². The third-order valence-corrected chi connectivity index (χ3v) is 8.58. The number of halogens is 1. The first-order valence-corrected chi connectivity index (χ1v) is 14.7. The summed E-state index contributed by atoms with van der Waals surface area (Å²) in [6.07, 6.45) is 5.50. The fourth-order valence-electron chi connectivity index (χ4n) is 5.65. The molecular weight excluding hydrogens is 546 g/mol. The van der Waals surface area contributed by atoms with Crippen LogP contribution in [-0.4, -0.2) is 43.4 Å². The number of benzene rings is 2. The number of nitrogens with one attached hydrogen (secondary N) is 2. The summed E-state index contributed by atoms with van der Waals surface area (Å²) in [5.74, 6) is 0.813. The number of rotatable bonds is 7. The predicted octanol–water partition coefficient (Wildman–Crippen LogP) is 6.93. The highest BCUT2D eigenvalue weighted by Gasteiger charge is 2.25. The van der Waals surface area contributed by atoms with E-state index in [4.69, 9.17) is 16.6 Å². The Labute approximate surface area is 250 Å². The maximum absolute atomic E-state index is 13.4. The third kappa shape index (κ3) is 5.12. The van der Waals surface area contributed by atoms with E-state index in [1.165, 1.54) is 5.56 Å². The fourth-order valence-corrected chi connectivity index (χ4v) is 5.93. The molecule has 8 nitrogen and oxygen atoms in total. The highest BCUT2D eigenvalue weighted by Crippen LogP contribution is 2.38. The van der Waals surface area contributed by atoms with Crippen LogP contribution in [0.3, 0.4) is 0 Å². The van der Waals surface area contributed by atoms with Crippen LogP contribution in [0.25, 0.3) is 22.0 Å². The van der Waals surface area contributed by atoms with E-state index in [9.17, 15) is 4.79 Å². The summed E-state index contributed by atoms with van der Waals surface area (Å²) in [6, 6.07) is 15.8. The van der Waals surface area contributed by atoms with Crippen LogP contribution in [0.2, 0.25) is 5.02 Å². The van der Waals surface area contributed by atoms with Crippen LogP contribution in [-0.2, 0) is 26.4 Å². The second-order valence-corrected chi connectivity index (χ2v) is 11.0. The van der Waals surface area contributed by atoms with E-state index in [0.717, 1.165) is 77.1 Å². The van der Waals surface area contributed by atoms with Crippen LogP contribution in [0.5, 0.6) is 0 Å². The maximum Gasteiger partial charge on any atom is 0.291 e. The Balaban J connectivity index is 1.28. The van der Waals surface area contributed by atoms with Gasteiger partial charge < -0.3 is 15.2 Å². The van der Waals surface area contributed by atoms with Crippen molar-refractivity contribution in [2.24, 2.45) is 7.05 Å². The molecule has 1 aliphatic heterocycles. The number of nitrogens with zero attached hydrogens (tertiary/aromatic N) is 5. The predicted molar refractivity (Wildman–Crippen MR) is 170 cm³/mol. The second kappa shape index (κ2) is 11.5. The van der Waals surface area contributed by atoms with Crippen LogP contribution in [0.15, 0.2) is 60.9 Å². The van der Waals surface area contributed by atoms with E-state index in [1.807, 2.05) is 67.2 Å². The summed E-state index contributed by atoms with van der Waals surface area (Å²) < 4.78 is 1.91. The van der Waals surface area contributed by atoms with E-state index in [-0.39, 0.29) is 5.91 Å². The Morgan fingerprint density at radius 3 is 2.62 bits per heavy atom. The molecule has 9 heteroatoms. The molecule has 2 aromatic carbocycles. The quantitative estimate of drug-likeness (QED) is 0.217. The van der Waals surface area contributed by atoms with Crippen molar-refractivity contribution in [2.75, 3.05) is 23.7 Å². The van der Waals surface area contributed by atoms with Crippen molar-refractivity contribution in [2.45, 2.75) is 40.2 Å². The minimum Gasteiger partial charge on any atom is -0.338 e. The molecule has 1 aliphatic rings. The van der Waals surface area contributed by atoms with Gasteiger partial charge in [0.25, 0.3) is 5.91 Å². The molecule has 0 atom stereocenters. The molecule has 0 aliphatic carbocycles. The number of anilines is 3. The highest BCUT2D eigenvalue weighted by atomic mass is 35.5. The molecular formula is C33H34ClN7O. The van der Waals surface area contributed by atoms with E-state index in [0.29, 0.717) is 22.4 Å². The molecule has 0 radical (unpaired) electrons. The van der Waals surface area contributed by atoms with Gasteiger partial charge in [0.05, 0.1) is 16.4 Å². The average molecular weight is 580 g/mol. The third-order valence-electron chi connectivity index (χ3n) is 8.17. The Hall–Kier alpha value is -4.27. The van der Waals surface area contributed by atoms with Crippen molar-refractivity contribution in [1.29, 1.82) is 0 Å². The molecule has 5 aromatic rings. The molecule has 4 heterocycles. The van der Waals surface area contributed by atoms with Crippen molar-refractivity contribution in [1.82, 2.24) is 24.4 Å². The van der Waals surface area contributed by atoms with Gasteiger partial charge in [-0.2, -0.15) is 0 Å². The molecule has 0 unspecified atom stereocenters. The number of likely N-dealkylation sites (N-methyl/N-ethyl adjacent to an activating group) is 1. The van der Waals surface area contributed by atoms with Gasteiger partial charge in [-0.25, -0.2) is 9.97 Å². The minimum absolute atomic E-state index is 0.276. The van der Waals surface area contributed by atoms with Gasteiger partial charge in [-0.15, -0.1) is 0 Å². The Morgan fingerprint density at radius 1 is 1.05 bits per heavy atom. The lowest BCUT2D eigenvalue weighted by atomic mass is 9.98. The lowest BCUT2D eigenvalue weighted by Gasteiger charge is -2.24. The number of fused-ring (bicyclic) bond motifs is 2. The maximum atomic E-state index is 13.4. The molecule has 0 spiro atoms. The number of carbonyl (C=O) groups excluding carboxylic acids is 1. The lowest BCUT2D eigenvalue weighted by molar-refractivity contribution is 0.101. The topological polar surface area (TPSA) is 88.0 Å². The molecule has 1 amide bonds. The first-order valence-electron chi connectivity index (χ1n) is 14.3. The zero-order chi connectivity index (χ0) is 29.4. The number of hydrogen-bond donors (Lipinski definition) is 2. The van der Waals surface area contributed by atoms with Gasteiger partial charge in [0.15, 0.2) is 11.6 Å². The summed E-state index contributed by atoms with van der Waals surface area (Å²) in [5, 5.41) is 8.02. The van der Waals surface area contributed by atoms with Crippen molar-refractivity contribution < 1.29 is 4.79 Å². The van der Waals surface area contributed by atoms with Gasteiger partial charge in [0.1, 0.15) is 5.52 Å². The molecule has 6 rings (SSSR count). The first-order chi connectivity index (χ1) is 20.4. The second-order valence-electron chi connectivity index (χ2n) is 10.7. The van der Waals surface area contributed by atoms with Crippen LogP contribution in [0.4, 0.5) is 17.2 Å². The molecule has 214 valence electrons. The van der Waals surface area contributed by atoms with Gasteiger partial charge in [-0.3, -0.25) is 14.7 Å². The molecule has 0 saturated carbocycles. The minimum atomic E-state index is -0.276. The van der Waals surface area contributed by atoms with E-state index in [1.54, 1.807) is 6.20 Å². The average Bonchev–Trinajstić information content (AvgIpc) is 3.34. The summed E-state index contributed by atoms with van der Waals surface area (Å²) >= 11 is 6.95. The zero-order valence-corrected chi connectivity index (χ0v) is 25.1. The molecule has 0 bridgehead atoms. The van der Waals surface area contributed by atoms with Crippen LogP contribution < -0.4 is 10.6 Å². The van der Waals surface area contributed by atoms with Crippen molar-refractivity contribution in [3.05, 3.63) is 94.3 Å². The Morgan fingerprint density at radius 2 is 1.83 bits per heavy atom. The molecule has 42 heavy (non-hydrogen) atoms. The van der Waals surface area contributed by atoms with Crippen molar-refractivity contribution in [3.63, 3.8) is 0 Å². The van der Waals surface area contributed by atoms with Gasteiger partial charge in [-0.1, -0.05) is 49.7 Å². The van der Waals surface area contributed by atoms with Crippen LogP contribution in [0, 0.1) is 6.92 Å². The van der Waals surface area contributed by atoms with E-state index >= 15 is 0 Å². The highest BCUT2D eigenvalue weighted by molar-refractivity contribution is 6.36.